The molecule has 0 aromatic carbocycles. The van der Waals surface area contributed by atoms with E-state index >= 15 is 0 Å². The fourth-order valence-electron chi connectivity index (χ4n) is 1.44. The first kappa shape index (κ1) is 15.6. The molecule has 0 amide bonds. The van der Waals surface area contributed by atoms with E-state index in [9.17, 15) is 9.59 Å². The molecule has 6 nitrogen and oxygen atoms in total. The second kappa shape index (κ2) is 7.20. The Morgan fingerprint density at radius 3 is 2.68 bits per heavy atom. The lowest BCUT2D eigenvalue weighted by atomic mass is 10.3. The van der Waals surface area contributed by atoms with Crippen molar-refractivity contribution in [2.45, 2.75) is 26.9 Å². The van der Waals surface area contributed by atoms with Gasteiger partial charge in [0.15, 0.2) is 16.6 Å². The number of ether oxygens (including phenoxy) is 2. The van der Waals surface area contributed by atoms with Gasteiger partial charge in [0, 0.05) is 20.1 Å². The van der Waals surface area contributed by atoms with Crippen molar-refractivity contribution in [3.05, 3.63) is 10.6 Å². The number of esters is 1. The molecule has 0 aliphatic rings. The first-order valence-electron chi connectivity index (χ1n) is 5.95. The highest BCUT2D eigenvalue weighted by atomic mass is 32.1. The van der Waals surface area contributed by atoms with Crippen LogP contribution in [0, 0.1) is 0 Å². The van der Waals surface area contributed by atoms with Crippen LogP contribution in [0.1, 0.15) is 40.9 Å². The number of hydrogen-bond acceptors (Lipinski definition) is 7. The molecule has 106 valence electrons. The summed E-state index contributed by atoms with van der Waals surface area (Å²) in [5, 5.41) is 3.56. The first-order valence-corrected chi connectivity index (χ1v) is 6.76. The van der Waals surface area contributed by atoms with Gasteiger partial charge in [-0.1, -0.05) is 11.3 Å². The Bertz CT molecular complexity index is 459. The number of aromatic nitrogens is 1. The van der Waals surface area contributed by atoms with Crippen LogP contribution in [0.25, 0.3) is 0 Å². The van der Waals surface area contributed by atoms with Crippen molar-refractivity contribution in [1.82, 2.24) is 4.98 Å². The van der Waals surface area contributed by atoms with Crippen molar-refractivity contribution in [1.29, 1.82) is 0 Å². The summed E-state index contributed by atoms with van der Waals surface area (Å²) in [4.78, 5) is 27.4. The molecule has 7 heteroatoms. The SMILES string of the molecule is CCOC(C)CNc1nc(C(=O)OC)c(C(C)=O)s1. The van der Waals surface area contributed by atoms with E-state index in [-0.39, 0.29) is 17.6 Å². The van der Waals surface area contributed by atoms with Crippen molar-refractivity contribution in [3.8, 4) is 0 Å². The van der Waals surface area contributed by atoms with E-state index in [1.54, 1.807) is 0 Å². The number of nitrogens with one attached hydrogen (secondary N) is 1. The summed E-state index contributed by atoms with van der Waals surface area (Å²) in [6.45, 7) is 6.43. The molecule has 0 radical (unpaired) electrons. The van der Waals surface area contributed by atoms with Gasteiger partial charge in [0.05, 0.1) is 13.2 Å². The molecule has 19 heavy (non-hydrogen) atoms. The van der Waals surface area contributed by atoms with Gasteiger partial charge in [0.1, 0.15) is 4.88 Å². The van der Waals surface area contributed by atoms with Crippen LogP contribution in [0.4, 0.5) is 5.13 Å². The summed E-state index contributed by atoms with van der Waals surface area (Å²) < 4.78 is 9.98. The van der Waals surface area contributed by atoms with Gasteiger partial charge in [-0.25, -0.2) is 9.78 Å². The van der Waals surface area contributed by atoms with Gasteiger partial charge in [-0.15, -0.1) is 0 Å². The average molecular weight is 286 g/mol. The highest BCUT2D eigenvalue weighted by molar-refractivity contribution is 7.17. The molecule has 0 bridgehead atoms. The second-order valence-electron chi connectivity index (χ2n) is 3.89. The molecule has 0 spiro atoms. The van der Waals surface area contributed by atoms with Crippen molar-refractivity contribution >= 4 is 28.2 Å². The number of ketones is 1. The molecule has 1 aromatic rings. The monoisotopic (exact) mass is 286 g/mol. The molecular formula is C12H18N2O4S. The minimum absolute atomic E-state index is 0.0243. The third-order valence-corrected chi connectivity index (χ3v) is 3.43. The highest BCUT2D eigenvalue weighted by Gasteiger charge is 2.21. The van der Waals surface area contributed by atoms with Gasteiger partial charge >= 0.3 is 5.97 Å². The van der Waals surface area contributed by atoms with E-state index in [0.29, 0.717) is 23.2 Å². The van der Waals surface area contributed by atoms with E-state index in [0.717, 1.165) is 11.3 Å². The number of anilines is 1. The zero-order valence-electron chi connectivity index (χ0n) is 11.5. The van der Waals surface area contributed by atoms with Crippen LogP contribution in [0.5, 0.6) is 0 Å². The molecule has 0 aliphatic heterocycles. The van der Waals surface area contributed by atoms with Gasteiger partial charge in [-0.05, 0) is 13.8 Å². The summed E-state index contributed by atoms with van der Waals surface area (Å²) in [5.41, 5.74) is 0.0616. The topological polar surface area (TPSA) is 77.5 Å². The fourth-order valence-corrected chi connectivity index (χ4v) is 2.30. The first-order chi connectivity index (χ1) is 8.99. The molecule has 0 aliphatic carbocycles. The molecule has 1 rings (SSSR count). The number of Topliss-reactive ketones (excluding diaryl/α,β-unsaturated/α-hetero) is 1. The van der Waals surface area contributed by atoms with E-state index in [1.165, 1.54) is 14.0 Å². The standard InChI is InChI=1S/C12H18N2O4S/c1-5-18-7(2)6-13-12-14-9(11(16)17-4)10(19-12)8(3)15/h7H,5-6H2,1-4H3,(H,13,14). The second-order valence-corrected chi connectivity index (χ2v) is 4.89. The molecule has 0 saturated heterocycles. The quantitative estimate of drug-likeness (QED) is 0.610. The number of carbonyl (C=O) groups is 2. The maximum Gasteiger partial charge on any atom is 0.358 e. The van der Waals surface area contributed by atoms with Crippen LogP contribution in [0.3, 0.4) is 0 Å². The number of carbonyl (C=O) groups excluding carboxylic acids is 2. The normalized spacial score (nSPS) is 12.0. The summed E-state index contributed by atoms with van der Waals surface area (Å²) in [6.07, 6.45) is 0.0243. The Morgan fingerprint density at radius 1 is 1.47 bits per heavy atom. The summed E-state index contributed by atoms with van der Waals surface area (Å²) >= 11 is 1.14. The number of methoxy groups -OCH3 is 1. The minimum atomic E-state index is -0.604. The Labute approximate surface area is 116 Å². The van der Waals surface area contributed by atoms with E-state index in [2.05, 4.69) is 15.0 Å². The molecule has 1 heterocycles. The largest absolute Gasteiger partial charge is 0.464 e. The lowest BCUT2D eigenvalue weighted by Gasteiger charge is -2.11. The van der Waals surface area contributed by atoms with E-state index in [4.69, 9.17) is 4.74 Å². The van der Waals surface area contributed by atoms with Gasteiger partial charge in [-0.2, -0.15) is 0 Å². The zero-order chi connectivity index (χ0) is 14.4. The Hall–Kier alpha value is -1.47. The molecule has 0 fully saturated rings. The average Bonchev–Trinajstić information content (AvgIpc) is 2.80. The van der Waals surface area contributed by atoms with Crippen LogP contribution >= 0.6 is 11.3 Å². The minimum Gasteiger partial charge on any atom is -0.464 e. The molecular weight excluding hydrogens is 268 g/mol. The highest BCUT2D eigenvalue weighted by Crippen LogP contribution is 2.24. The lowest BCUT2D eigenvalue weighted by molar-refractivity contribution is 0.0591. The number of thiazole rings is 1. The summed E-state index contributed by atoms with van der Waals surface area (Å²) in [7, 11) is 1.26. The summed E-state index contributed by atoms with van der Waals surface area (Å²) in [5.74, 6) is -0.809. The van der Waals surface area contributed by atoms with Gasteiger partial charge in [0.25, 0.3) is 0 Å². The number of hydrogen-bond donors (Lipinski definition) is 1. The number of nitrogens with zero attached hydrogens (tertiary/aromatic N) is 1. The predicted molar refractivity (Wildman–Crippen MR) is 73.0 cm³/mol. The Kier molecular flexibility index (Phi) is 5.91. The van der Waals surface area contributed by atoms with E-state index < -0.39 is 5.97 Å². The van der Waals surface area contributed by atoms with Crippen molar-refractivity contribution < 1.29 is 19.1 Å². The zero-order valence-corrected chi connectivity index (χ0v) is 12.3. The summed E-state index contributed by atoms with van der Waals surface area (Å²) in [6, 6.07) is 0. The van der Waals surface area contributed by atoms with Crippen LogP contribution in [-0.2, 0) is 9.47 Å². The predicted octanol–water partition coefficient (Wildman–Crippen LogP) is 1.97. The third-order valence-electron chi connectivity index (χ3n) is 2.32. The van der Waals surface area contributed by atoms with Crippen LogP contribution in [0.15, 0.2) is 0 Å². The van der Waals surface area contributed by atoms with Gasteiger partial charge < -0.3 is 14.8 Å². The molecule has 1 N–H and O–H groups in total. The van der Waals surface area contributed by atoms with Crippen molar-refractivity contribution in [2.75, 3.05) is 25.6 Å². The third kappa shape index (κ3) is 4.29. The Morgan fingerprint density at radius 2 is 2.16 bits per heavy atom. The lowest BCUT2D eigenvalue weighted by Crippen LogP contribution is -2.19. The maximum atomic E-state index is 11.5. The molecule has 1 aromatic heterocycles. The van der Waals surface area contributed by atoms with Crippen LogP contribution < -0.4 is 5.32 Å². The molecule has 1 unspecified atom stereocenters. The van der Waals surface area contributed by atoms with Crippen LogP contribution in [-0.4, -0.2) is 43.1 Å². The van der Waals surface area contributed by atoms with Crippen molar-refractivity contribution in [2.24, 2.45) is 0 Å². The van der Waals surface area contributed by atoms with Crippen molar-refractivity contribution in [3.63, 3.8) is 0 Å². The fraction of sp³-hybridized carbons (Fsp3) is 0.583. The smallest absolute Gasteiger partial charge is 0.358 e. The molecule has 0 saturated carbocycles. The van der Waals surface area contributed by atoms with E-state index in [1.807, 2.05) is 13.8 Å². The van der Waals surface area contributed by atoms with Gasteiger partial charge in [-0.3, -0.25) is 4.79 Å². The Balaban J connectivity index is 2.80. The van der Waals surface area contributed by atoms with Crippen LogP contribution in [0.2, 0.25) is 0 Å². The maximum absolute atomic E-state index is 11.5. The van der Waals surface area contributed by atoms with Gasteiger partial charge in [0.2, 0.25) is 0 Å². The number of rotatable bonds is 7. The molecule has 1 atom stereocenters.